The van der Waals surface area contributed by atoms with E-state index in [1.54, 1.807) is 0 Å². The lowest BCUT2D eigenvalue weighted by Gasteiger charge is -2.07. The minimum absolute atomic E-state index is 0.0369. The van der Waals surface area contributed by atoms with Gasteiger partial charge in [0, 0.05) is 0 Å². The van der Waals surface area contributed by atoms with Crippen molar-refractivity contribution in [1.82, 2.24) is 0 Å². The van der Waals surface area contributed by atoms with Crippen LogP contribution in [0.15, 0.2) is 12.1 Å². The van der Waals surface area contributed by atoms with Crippen LogP contribution in [0.2, 0.25) is 0 Å². The van der Waals surface area contributed by atoms with Gasteiger partial charge in [-0.2, -0.15) is 0 Å². The van der Waals surface area contributed by atoms with Gasteiger partial charge in [0.1, 0.15) is 7.85 Å². The summed E-state index contributed by atoms with van der Waals surface area (Å²) in [7, 11) is 1.15. The van der Waals surface area contributed by atoms with E-state index in [0.29, 0.717) is 6.61 Å². The molecule has 0 bridgehead atoms. The predicted octanol–water partition coefficient (Wildman–Crippen LogP) is -2.34. The van der Waals surface area contributed by atoms with Crippen LogP contribution < -0.4 is 10.9 Å². The normalized spacial score (nSPS) is 14.8. The van der Waals surface area contributed by atoms with Gasteiger partial charge >= 0.3 is 7.12 Å². The average molecular weight is 176 g/mol. The highest BCUT2D eigenvalue weighted by Crippen LogP contribution is 2.08. The molecular formula is C8H10B2O3. The molecule has 0 unspecified atom stereocenters. The largest absolute Gasteiger partial charge is 0.491 e. The summed E-state index contributed by atoms with van der Waals surface area (Å²) >= 11 is 0. The van der Waals surface area contributed by atoms with Gasteiger partial charge in [-0.3, -0.25) is 0 Å². The van der Waals surface area contributed by atoms with Crippen molar-refractivity contribution < 1.29 is 14.8 Å². The van der Waals surface area contributed by atoms with Crippen molar-refractivity contribution in [2.45, 2.75) is 13.2 Å². The van der Waals surface area contributed by atoms with E-state index in [-0.39, 0.29) is 6.61 Å². The zero-order valence-electron chi connectivity index (χ0n) is 7.45. The van der Waals surface area contributed by atoms with Gasteiger partial charge in [0.2, 0.25) is 0 Å². The molecule has 3 nitrogen and oxygen atoms in total. The number of hydrogen-bond acceptors (Lipinski definition) is 3. The lowest BCUT2D eigenvalue weighted by Crippen LogP contribution is -2.32. The average Bonchev–Trinajstić information content (AvgIpc) is 2.50. The van der Waals surface area contributed by atoms with Crippen molar-refractivity contribution in [3.05, 3.63) is 23.3 Å². The molecule has 0 radical (unpaired) electrons. The van der Waals surface area contributed by atoms with Crippen LogP contribution in [-0.2, 0) is 17.9 Å². The molecule has 13 heavy (non-hydrogen) atoms. The first-order valence-corrected chi connectivity index (χ1v) is 4.26. The lowest BCUT2D eigenvalue weighted by atomic mass is 9.74. The minimum atomic E-state index is -0.790. The third-order valence-corrected chi connectivity index (χ3v) is 2.57. The molecule has 0 aliphatic carbocycles. The van der Waals surface area contributed by atoms with Gasteiger partial charge in [0.15, 0.2) is 0 Å². The van der Waals surface area contributed by atoms with Crippen molar-refractivity contribution in [1.29, 1.82) is 0 Å². The SMILES string of the molecule is Bc1c(CO)ccc2c1COB2O. The highest BCUT2D eigenvalue weighted by molar-refractivity contribution is 6.62. The zero-order chi connectivity index (χ0) is 9.42. The van der Waals surface area contributed by atoms with Crippen LogP contribution in [0.1, 0.15) is 11.1 Å². The first kappa shape index (κ1) is 8.81. The topological polar surface area (TPSA) is 49.7 Å². The fourth-order valence-corrected chi connectivity index (χ4v) is 1.67. The third-order valence-electron chi connectivity index (χ3n) is 2.57. The standard InChI is InChI=1S/C8H10B2O3/c9-8-5(3-11)1-2-7-6(8)4-13-10(7)12/h1-2,11-12H,3-4,9H2. The molecule has 1 aliphatic rings. The van der Waals surface area contributed by atoms with Crippen LogP contribution in [0.3, 0.4) is 0 Å². The lowest BCUT2D eigenvalue weighted by molar-refractivity contribution is 0.274. The summed E-state index contributed by atoms with van der Waals surface area (Å²) in [4.78, 5) is 0. The fraction of sp³-hybridized carbons (Fsp3) is 0.250. The summed E-state index contributed by atoms with van der Waals surface area (Å²) in [6, 6.07) is 3.64. The predicted molar refractivity (Wildman–Crippen MR) is 52.9 cm³/mol. The molecule has 2 N–H and O–H groups in total. The maximum Gasteiger partial charge on any atom is 0.491 e. The molecule has 2 rings (SSSR count). The van der Waals surface area contributed by atoms with E-state index in [0.717, 1.165) is 22.1 Å². The third kappa shape index (κ3) is 1.29. The van der Waals surface area contributed by atoms with Crippen LogP contribution in [0, 0.1) is 0 Å². The van der Waals surface area contributed by atoms with E-state index < -0.39 is 7.12 Å². The summed E-state index contributed by atoms with van der Waals surface area (Å²) < 4.78 is 5.08. The molecular weight excluding hydrogens is 166 g/mol. The van der Waals surface area contributed by atoms with Gasteiger partial charge < -0.3 is 14.8 Å². The summed E-state index contributed by atoms with van der Waals surface area (Å²) in [6.45, 7) is 0.478. The molecule has 0 aromatic heterocycles. The molecule has 66 valence electrons. The first-order valence-electron chi connectivity index (χ1n) is 4.26. The summed E-state index contributed by atoms with van der Waals surface area (Å²) in [6.07, 6.45) is 0. The number of rotatable bonds is 1. The highest BCUT2D eigenvalue weighted by atomic mass is 16.5. The van der Waals surface area contributed by atoms with E-state index in [1.165, 1.54) is 0 Å². The van der Waals surface area contributed by atoms with Crippen molar-refractivity contribution in [3.8, 4) is 0 Å². The first-order chi connectivity index (χ1) is 6.24. The Balaban J connectivity index is 2.54. The Bertz CT molecular complexity index is 340. The van der Waals surface area contributed by atoms with Crippen LogP contribution in [0.4, 0.5) is 0 Å². The van der Waals surface area contributed by atoms with Crippen LogP contribution in [0.5, 0.6) is 0 Å². The molecule has 1 aromatic carbocycles. The van der Waals surface area contributed by atoms with Gasteiger partial charge in [0.25, 0.3) is 0 Å². The summed E-state index contributed by atoms with van der Waals surface area (Å²) in [5.41, 5.74) is 3.77. The minimum Gasteiger partial charge on any atom is -0.423 e. The number of benzene rings is 1. The van der Waals surface area contributed by atoms with Crippen molar-refractivity contribution in [2.75, 3.05) is 0 Å². The summed E-state index contributed by atoms with van der Waals surface area (Å²) in [5.74, 6) is 0. The van der Waals surface area contributed by atoms with E-state index in [9.17, 15) is 5.02 Å². The quantitative estimate of drug-likeness (QED) is 0.471. The molecule has 1 heterocycles. The molecule has 0 spiro atoms. The van der Waals surface area contributed by atoms with Gasteiger partial charge in [0.05, 0.1) is 13.2 Å². The Morgan fingerprint density at radius 3 is 3.00 bits per heavy atom. The Kier molecular flexibility index (Phi) is 2.15. The van der Waals surface area contributed by atoms with Crippen LogP contribution in [0.25, 0.3) is 0 Å². The van der Waals surface area contributed by atoms with Crippen LogP contribution >= 0.6 is 0 Å². The number of aliphatic hydroxyl groups is 1. The Hall–Kier alpha value is -0.770. The second kappa shape index (κ2) is 3.18. The van der Waals surface area contributed by atoms with Crippen molar-refractivity contribution >= 4 is 25.9 Å². The zero-order valence-corrected chi connectivity index (χ0v) is 7.45. The van der Waals surface area contributed by atoms with Gasteiger partial charge in [-0.25, -0.2) is 0 Å². The maximum absolute atomic E-state index is 9.38. The van der Waals surface area contributed by atoms with E-state index in [2.05, 4.69) is 0 Å². The van der Waals surface area contributed by atoms with Crippen LogP contribution in [-0.4, -0.2) is 25.1 Å². The van der Waals surface area contributed by atoms with Gasteiger partial charge in [-0.15, -0.1) is 0 Å². The van der Waals surface area contributed by atoms with E-state index in [4.69, 9.17) is 9.76 Å². The Morgan fingerprint density at radius 1 is 1.54 bits per heavy atom. The van der Waals surface area contributed by atoms with Crippen molar-refractivity contribution in [3.63, 3.8) is 0 Å². The van der Waals surface area contributed by atoms with Gasteiger partial charge in [-0.1, -0.05) is 17.6 Å². The summed E-state index contributed by atoms with van der Waals surface area (Å²) in [5, 5.41) is 18.4. The Morgan fingerprint density at radius 2 is 2.31 bits per heavy atom. The van der Waals surface area contributed by atoms with E-state index >= 15 is 0 Å². The molecule has 0 atom stereocenters. The van der Waals surface area contributed by atoms with Gasteiger partial charge in [-0.05, 0) is 16.6 Å². The molecule has 0 saturated heterocycles. The number of aliphatic hydroxyl groups excluding tert-OH is 1. The molecule has 1 aliphatic heterocycles. The fourth-order valence-electron chi connectivity index (χ4n) is 1.67. The molecule has 1 aromatic rings. The second-order valence-electron chi connectivity index (χ2n) is 3.24. The number of fused-ring (bicyclic) bond motifs is 1. The van der Waals surface area contributed by atoms with E-state index in [1.807, 2.05) is 20.0 Å². The molecule has 5 heteroatoms. The molecule has 0 amide bonds. The number of hydrogen-bond donors (Lipinski definition) is 2. The molecule has 0 saturated carbocycles. The Labute approximate surface area is 77.9 Å². The second-order valence-corrected chi connectivity index (χ2v) is 3.24. The monoisotopic (exact) mass is 176 g/mol. The highest BCUT2D eigenvalue weighted by Gasteiger charge is 2.28. The molecule has 0 fully saturated rings. The maximum atomic E-state index is 9.38. The van der Waals surface area contributed by atoms with Crippen molar-refractivity contribution in [2.24, 2.45) is 0 Å². The smallest absolute Gasteiger partial charge is 0.423 e.